The van der Waals surface area contributed by atoms with Gasteiger partial charge in [0, 0.05) is 44.0 Å². The standard InChI is InChI=1S/C20H23N5O2/c1-14-22-18-6-9-24(13-17(18)20(26)23-14)11-15-4-5-19(27-2)16(10-15)12-25-8-3-7-21-25/h3-5,7-8,10H,6,9,11-13H2,1-2H3,(H,22,23,26). The summed E-state index contributed by atoms with van der Waals surface area (Å²) in [7, 11) is 1.68. The second-order valence-electron chi connectivity index (χ2n) is 6.89. The highest BCUT2D eigenvalue weighted by Crippen LogP contribution is 2.23. The van der Waals surface area contributed by atoms with Gasteiger partial charge < -0.3 is 9.72 Å². The Labute approximate surface area is 157 Å². The normalized spacial score (nSPS) is 14.1. The van der Waals surface area contributed by atoms with Crippen LogP contribution in [0.4, 0.5) is 0 Å². The van der Waals surface area contributed by atoms with Crippen LogP contribution in [-0.4, -0.2) is 38.3 Å². The van der Waals surface area contributed by atoms with Gasteiger partial charge in [-0.15, -0.1) is 0 Å². The summed E-state index contributed by atoms with van der Waals surface area (Å²) in [6, 6.07) is 8.16. The van der Waals surface area contributed by atoms with Crippen LogP contribution < -0.4 is 10.3 Å². The number of aryl methyl sites for hydroxylation is 1. The molecule has 0 spiro atoms. The van der Waals surface area contributed by atoms with Crippen LogP contribution in [0.25, 0.3) is 0 Å². The molecule has 3 aromatic rings. The van der Waals surface area contributed by atoms with Crippen molar-refractivity contribution < 1.29 is 4.74 Å². The third-order valence-electron chi connectivity index (χ3n) is 4.91. The van der Waals surface area contributed by atoms with Crippen LogP contribution in [-0.2, 0) is 26.1 Å². The molecular formula is C20H23N5O2. The van der Waals surface area contributed by atoms with Crippen molar-refractivity contribution >= 4 is 0 Å². The van der Waals surface area contributed by atoms with Crippen LogP contribution in [0.5, 0.6) is 5.75 Å². The van der Waals surface area contributed by atoms with E-state index in [1.54, 1.807) is 13.3 Å². The maximum absolute atomic E-state index is 12.2. The lowest BCUT2D eigenvalue weighted by atomic mass is 10.0. The molecule has 27 heavy (non-hydrogen) atoms. The molecule has 0 saturated carbocycles. The summed E-state index contributed by atoms with van der Waals surface area (Å²) >= 11 is 0. The van der Waals surface area contributed by atoms with Gasteiger partial charge >= 0.3 is 0 Å². The zero-order valence-electron chi connectivity index (χ0n) is 15.6. The van der Waals surface area contributed by atoms with Crippen LogP contribution in [0.15, 0.2) is 41.5 Å². The smallest absolute Gasteiger partial charge is 0.255 e. The van der Waals surface area contributed by atoms with E-state index < -0.39 is 0 Å². The first-order chi connectivity index (χ1) is 13.1. The van der Waals surface area contributed by atoms with Crippen LogP contribution in [0.3, 0.4) is 0 Å². The zero-order chi connectivity index (χ0) is 18.8. The molecule has 0 atom stereocenters. The molecule has 4 rings (SSSR count). The molecule has 7 nitrogen and oxygen atoms in total. The van der Waals surface area contributed by atoms with Gasteiger partial charge in [-0.3, -0.25) is 14.4 Å². The number of ether oxygens (including phenoxy) is 1. The molecule has 7 heteroatoms. The van der Waals surface area contributed by atoms with Crippen molar-refractivity contribution in [3.63, 3.8) is 0 Å². The van der Waals surface area contributed by atoms with Crippen LogP contribution in [0.2, 0.25) is 0 Å². The highest BCUT2D eigenvalue weighted by molar-refractivity contribution is 5.37. The first kappa shape index (κ1) is 17.5. The Balaban J connectivity index is 1.53. The summed E-state index contributed by atoms with van der Waals surface area (Å²) in [5.41, 5.74) is 3.99. The minimum Gasteiger partial charge on any atom is -0.496 e. The molecule has 0 aliphatic carbocycles. The quantitative estimate of drug-likeness (QED) is 0.747. The van der Waals surface area contributed by atoms with Gasteiger partial charge in [0.05, 0.1) is 24.9 Å². The van der Waals surface area contributed by atoms with E-state index in [9.17, 15) is 4.79 Å². The number of hydrogen-bond donors (Lipinski definition) is 1. The monoisotopic (exact) mass is 365 g/mol. The molecule has 0 unspecified atom stereocenters. The molecule has 0 amide bonds. The summed E-state index contributed by atoms with van der Waals surface area (Å²) in [6.07, 6.45) is 4.51. The molecule has 140 valence electrons. The topological polar surface area (TPSA) is 76.0 Å². The van der Waals surface area contributed by atoms with Gasteiger partial charge in [0.2, 0.25) is 0 Å². The maximum Gasteiger partial charge on any atom is 0.255 e. The Morgan fingerprint density at radius 2 is 2.19 bits per heavy atom. The molecule has 0 bridgehead atoms. The van der Waals surface area contributed by atoms with Gasteiger partial charge in [-0.05, 0) is 30.7 Å². The summed E-state index contributed by atoms with van der Waals surface area (Å²) in [6.45, 7) is 4.78. The average molecular weight is 365 g/mol. The Morgan fingerprint density at radius 1 is 1.30 bits per heavy atom. The predicted molar refractivity (Wildman–Crippen MR) is 102 cm³/mol. The molecule has 1 aromatic carbocycles. The highest BCUT2D eigenvalue weighted by atomic mass is 16.5. The molecule has 2 aromatic heterocycles. The fraction of sp³-hybridized carbons (Fsp3) is 0.350. The third-order valence-corrected chi connectivity index (χ3v) is 4.91. The number of fused-ring (bicyclic) bond motifs is 1. The fourth-order valence-corrected chi connectivity index (χ4v) is 3.62. The molecule has 0 saturated heterocycles. The SMILES string of the molecule is COc1ccc(CN2CCc3nc(C)[nH]c(=O)c3C2)cc1Cn1cccn1. The zero-order valence-corrected chi connectivity index (χ0v) is 15.6. The van der Waals surface area contributed by atoms with Crippen molar-refractivity contribution in [2.24, 2.45) is 0 Å². The molecule has 3 heterocycles. The number of hydrogen-bond acceptors (Lipinski definition) is 5. The van der Waals surface area contributed by atoms with Crippen molar-refractivity contribution in [3.8, 4) is 5.75 Å². The van der Waals surface area contributed by atoms with Gasteiger partial charge in [-0.25, -0.2) is 4.98 Å². The summed E-state index contributed by atoms with van der Waals surface area (Å²) < 4.78 is 7.39. The molecule has 1 N–H and O–H groups in total. The second kappa shape index (κ2) is 7.36. The van der Waals surface area contributed by atoms with E-state index in [0.717, 1.165) is 42.1 Å². The van der Waals surface area contributed by atoms with E-state index in [4.69, 9.17) is 4.74 Å². The highest BCUT2D eigenvalue weighted by Gasteiger charge is 2.21. The van der Waals surface area contributed by atoms with E-state index in [1.807, 2.05) is 29.9 Å². The van der Waals surface area contributed by atoms with Crippen molar-refractivity contribution in [1.29, 1.82) is 0 Å². The van der Waals surface area contributed by atoms with E-state index in [1.165, 1.54) is 5.56 Å². The predicted octanol–water partition coefficient (Wildman–Crippen LogP) is 1.89. The minimum absolute atomic E-state index is 0.0173. The number of aromatic nitrogens is 4. The lowest BCUT2D eigenvalue weighted by Crippen LogP contribution is -2.35. The van der Waals surface area contributed by atoms with Crippen LogP contribution >= 0.6 is 0 Å². The van der Waals surface area contributed by atoms with E-state index >= 15 is 0 Å². The molecule has 0 radical (unpaired) electrons. The Kier molecular flexibility index (Phi) is 4.77. The Hall–Kier alpha value is -2.93. The van der Waals surface area contributed by atoms with Gasteiger partial charge in [-0.2, -0.15) is 5.10 Å². The number of nitrogens with one attached hydrogen (secondary N) is 1. The molecular weight excluding hydrogens is 342 g/mol. The van der Waals surface area contributed by atoms with E-state index in [0.29, 0.717) is 18.9 Å². The maximum atomic E-state index is 12.2. The first-order valence-corrected chi connectivity index (χ1v) is 9.06. The van der Waals surface area contributed by atoms with Crippen molar-refractivity contribution in [2.45, 2.75) is 33.0 Å². The van der Waals surface area contributed by atoms with Gasteiger partial charge in [-0.1, -0.05) is 6.07 Å². The first-order valence-electron chi connectivity index (χ1n) is 9.06. The molecule has 0 fully saturated rings. The summed E-state index contributed by atoms with van der Waals surface area (Å²) in [5, 5.41) is 4.28. The van der Waals surface area contributed by atoms with Crippen LogP contribution in [0.1, 0.15) is 28.2 Å². The van der Waals surface area contributed by atoms with Gasteiger partial charge in [0.25, 0.3) is 5.56 Å². The average Bonchev–Trinajstić information content (AvgIpc) is 3.15. The third kappa shape index (κ3) is 3.78. The van der Waals surface area contributed by atoms with Gasteiger partial charge in [0.1, 0.15) is 11.6 Å². The van der Waals surface area contributed by atoms with E-state index in [2.05, 4.69) is 32.1 Å². The second-order valence-corrected chi connectivity index (χ2v) is 6.89. The fourth-order valence-electron chi connectivity index (χ4n) is 3.62. The number of rotatable bonds is 5. The Morgan fingerprint density at radius 3 is 2.96 bits per heavy atom. The lowest BCUT2D eigenvalue weighted by molar-refractivity contribution is 0.241. The van der Waals surface area contributed by atoms with Gasteiger partial charge in [0.15, 0.2) is 0 Å². The van der Waals surface area contributed by atoms with Crippen molar-refractivity contribution in [3.05, 3.63) is 75.2 Å². The number of methoxy groups -OCH3 is 1. The summed E-state index contributed by atoms with van der Waals surface area (Å²) in [4.78, 5) is 21.8. The molecule has 1 aliphatic rings. The van der Waals surface area contributed by atoms with Crippen molar-refractivity contribution in [2.75, 3.05) is 13.7 Å². The number of nitrogens with zero attached hydrogens (tertiary/aromatic N) is 4. The molecule has 1 aliphatic heterocycles. The number of benzene rings is 1. The minimum atomic E-state index is -0.0173. The number of H-pyrrole nitrogens is 1. The van der Waals surface area contributed by atoms with Crippen LogP contribution in [0, 0.1) is 6.92 Å². The summed E-state index contributed by atoms with van der Waals surface area (Å²) in [5.74, 6) is 1.54. The van der Waals surface area contributed by atoms with E-state index in [-0.39, 0.29) is 5.56 Å². The largest absolute Gasteiger partial charge is 0.496 e. The lowest BCUT2D eigenvalue weighted by Gasteiger charge is -2.27. The number of aromatic amines is 1. The Bertz CT molecular complexity index is 994. The van der Waals surface area contributed by atoms with Crippen molar-refractivity contribution in [1.82, 2.24) is 24.6 Å².